The maximum Gasteiger partial charge on any atom is 0.302 e. The van der Waals surface area contributed by atoms with Gasteiger partial charge in [-0.1, -0.05) is 0 Å². The predicted octanol–water partition coefficient (Wildman–Crippen LogP) is 4.67. The van der Waals surface area contributed by atoms with Gasteiger partial charge in [-0.05, 0) is 49.2 Å². The first-order valence-electron chi connectivity index (χ1n) is 9.64. The molecule has 1 saturated carbocycles. The topological polar surface area (TPSA) is 103 Å². The lowest BCUT2D eigenvalue weighted by Gasteiger charge is -2.01. The number of aromatic nitrogens is 3. The number of pyridine rings is 1. The third-order valence-electron chi connectivity index (χ3n) is 4.85. The summed E-state index contributed by atoms with van der Waals surface area (Å²) in [4.78, 5) is 25.9. The Morgan fingerprint density at radius 2 is 1.94 bits per heavy atom. The van der Waals surface area contributed by atoms with Gasteiger partial charge in [0.25, 0.3) is 5.91 Å². The number of nitrogens with one attached hydrogen (secondary N) is 1. The van der Waals surface area contributed by atoms with E-state index in [1.54, 1.807) is 37.6 Å². The predicted molar refractivity (Wildman–Crippen MR) is 108 cm³/mol. The second kappa shape index (κ2) is 7.67. The van der Waals surface area contributed by atoms with Crippen LogP contribution in [0.15, 0.2) is 57.7 Å². The molecule has 3 aromatic heterocycles. The molecule has 1 fully saturated rings. The Balaban J connectivity index is 1.40. The first-order valence-corrected chi connectivity index (χ1v) is 9.64. The average molecular weight is 420 g/mol. The summed E-state index contributed by atoms with van der Waals surface area (Å²) in [5.74, 6) is 0.409. The van der Waals surface area contributed by atoms with Crippen molar-refractivity contribution in [3.8, 4) is 28.4 Å². The molecule has 0 bridgehead atoms. The lowest BCUT2D eigenvalue weighted by molar-refractivity contribution is 0.0993. The van der Waals surface area contributed by atoms with E-state index in [2.05, 4.69) is 20.3 Å². The fourth-order valence-electron chi connectivity index (χ4n) is 3.05. The van der Waals surface area contributed by atoms with E-state index in [4.69, 9.17) is 13.6 Å². The lowest BCUT2D eigenvalue weighted by atomic mass is 10.1. The monoisotopic (exact) mass is 420 g/mol. The first-order chi connectivity index (χ1) is 15.1. The van der Waals surface area contributed by atoms with Crippen LogP contribution >= 0.6 is 0 Å². The van der Waals surface area contributed by atoms with Gasteiger partial charge >= 0.3 is 6.01 Å². The summed E-state index contributed by atoms with van der Waals surface area (Å²) in [6, 6.07) is 9.20. The molecule has 0 radical (unpaired) electrons. The van der Waals surface area contributed by atoms with Crippen molar-refractivity contribution < 1.29 is 22.8 Å². The smallest absolute Gasteiger partial charge is 0.302 e. The molecule has 1 aliphatic rings. The van der Waals surface area contributed by atoms with Crippen molar-refractivity contribution in [2.75, 3.05) is 12.4 Å². The number of rotatable bonds is 6. The molecule has 0 saturated heterocycles. The zero-order valence-corrected chi connectivity index (χ0v) is 16.5. The molecule has 8 nitrogen and oxygen atoms in total. The van der Waals surface area contributed by atoms with Crippen LogP contribution in [0.4, 0.5) is 10.4 Å². The molecule has 3 heterocycles. The van der Waals surface area contributed by atoms with Crippen molar-refractivity contribution in [1.29, 1.82) is 0 Å². The van der Waals surface area contributed by atoms with Crippen LogP contribution in [0.5, 0.6) is 5.75 Å². The Morgan fingerprint density at radius 1 is 1.13 bits per heavy atom. The number of ether oxygens (including phenoxy) is 1. The normalized spacial score (nSPS) is 13.2. The number of carbonyl (C=O) groups is 1. The number of halogens is 1. The molecule has 0 aliphatic heterocycles. The van der Waals surface area contributed by atoms with E-state index in [0.29, 0.717) is 34.3 Å². The molecule has 0 unspecified atom stereocenters. The maximum atomic E-state index is 13.3. The first kappa shape index (κ1) is 19.0. The minimum absolute atomic E-state index is 0.00736. The highest BCUT2D eigenvalue weighted by Gasteiger charge is 2.32. The summed E-state index contributed by atoms with van der Waals surface area (Å²) < 4.78 is 29.5. The minimum Gasteiger partial charge on any atom is -0.495 e. The van der Waals surface area contributed by atoms with Crippen LogP contribution in [-0.2, 0) is 0 Å². The van der Waals surface area contributed by atoms with Gasteiger partial charge in [-0.3, -0.25) is 15.1 Å². The summed E-state index contributed by atoms with van der Waals surface area (Å²) in [5, 5.41) is 2.59. The van der Waals surface area contributed by atoms with Gasteiger partial charge in [-0.15, -0.1) is 0 Å². The Labute approximate surface area is 176 Å². The van der Waals surface area contributed by atoms with Gasteiger partial charge in [0.1, 0.15) is 29.2 Å². The molecule has 1 N–H and O–H groups in total. The maximum absolute atomic E-state index is 13.3. The van der Waals surface area contributed by atoms with Crippen molar-refractivity contribution in [3.05, 3.63) is 66.3 Å². The van der Waals surface area contributed by atoms with E-state index in [9.17, 15) is 9.18 Å². The van der Waals surface area contributed by atoms with Crippen molar-refractivity contribution in [3.63, 3.8) is 0 Å². The Bertz CT molecular complexity index is 1230. The van der Waals surface area contributed by atoms with Crippen molar-refractivity contribution >= 4 is 11.9 Å². The molecule has 5 rings (SSSR count). The Kier molecular flexibility index (Phi) is 4.70. The second-order valence-corrected chi connectivity index (χ2v) is 7.09. The van der Waals surface area contributed by atoms with Gasteiger partial charge in [0, 0.05) is 11.5 Å². The molecule has 1 aromatic carbocycles. The van der Waals surface area contributed by atoms with Gasteiger partial charge in [-0.25, -0.2) is 9.37 Å². The van der Waals surface area contributed by atoms with Crippen LogP contribution in [0.25, 0.3) is 22.6 Å². The number of anilines is 1. The molecular formula is C22H17FN4O4. The quantitative estimate of drug-likeness (QED) is 0.483. The number of nitrogens with zero attached hydrogens (tertiary/aromatic N) is 3. The highest BCUT2D eigenvalue weighted by Crippen LogP contribution is 2.41. The molecular weight excluding hydrogens is 403 g/mol. The lowest BCUT2D eigenvalue weighted by Crippen LogP contribution is -2.12. The molecule has 4 aromatic rings. The molecule has 1 aliphatic carbocycles. The SMILES string of the molecule is COc1ccc(-c2coc(NC(=O)c3oc(C4CC4)nc3-c3ccc(F)cc3)n2)nc1. The van der Waals surface area contributed by atoms with Crippen LogP contribution in [0.2, 0.25) is 0 Å². The fraction of sp³-hybridized carbons (Fsp3) is 0.182. The number of hydrogen-bond donors (Lipinski definition) is 1. The van der Waals surface area contributed by atoms with Gasteiger partial charge in [0.2, 0.25) is 5.76 Å². The molecule has 0 atom stereocenters. The summed E-state index contributed by atoms with van der Waals surface area (Å²) in [6.07, 6.45) is 4.87. The number of hydrogen-bond acceptors (Lipinski definition) is 7. The van der Waals surface area contributed by atoms with Crippen molar-refractivity contribution in [1.82, 2.24) is 15.0 Å². The zero-order chi connectivity index (χ0) is 21.4. The largest absolute Gasteiger partial charge is 0.495 e. The standard InChI is InChI=1S/C22H17FN4O4/c1-29-15-8-9-16(24-10-15)17-11-30-22(25-17)27-20(28)19-18(12-4-6-14(23)7-5-12)26-21(31-19)13-2-3-13/h4-11,13H,2-3H2,1H3,(H,25,27,28). The number of methoxy groups -OCH3 is 1. The third kappa shape index (κ3) is 3.89. The fourth-order valence-corrected chi connectivity index (χ4v) is 3.05. The van der Waals surface area contributed by atoms with E-state index >= 15 is 0 Å². The molecule has 0 spiro atoms. The second-order valence-electron chi connectivity index (χ2n) is 7.09. The third-order valence-corrected chi connectivity index (χ3v) is 4.85. The summed E-state index contributed by atoms with van der Waals surface area (Å²) in [7, 11) is 1.55. The zero-order valence-electron chi connectivity index (χ0n) is 16.5. The van der Waals surface area contributed by atoms with Crippen LogP contribution in [0.3, 0.4) is 0 Å². The van der Waals surface area contributed by atoms with E-state index in [0.717, 1.165) is 12.8 Å². The van der Waals surface area contributed by atoms with Crippen molar-refractivity contribution in [2.24, 2.45) is 0 Å². The number of oxazole rings is 2. The van der Waals surface area contributed by atoms with Gasteiger partial charge in [0.05, 0.1) is 19.0 Å². The highest BCUT2D eigenvalue weighted by molar-refractivity contribution is 6.05. The molecule has 9 heteroatoms. The van der Waals surface area contributed by atoms with E-state index in [-0.39, 0.29) is 23.5 Å². The Hall–Kier alpha value is -4.01. The summed E-state index contributed by atoms with van der Waals surface area (Å²) in [5.41, 5.74) is 1.95. The van der Waals surface area contributed by atoms with Crippen LogP contribution in [0.1, 0.15) is 35.2 Å². The Morgan fingerprint density at radius 3 is 2.61 bits per heavy atom. The van der Waals surface area contributed by atoms with Gasteiger partial charge in [0.15, 0.2) is 5.89 Å². The minimum atomic E-state index is -0.560. The molecule has 1 amide bonds. The van der Waals surface area contributed by atoms with E-state index in [1.807, 2.05) is 0 Å². The van der Waals surface area contributed by atoms with Crippen LogP contribution < -0.4 is 10.1 Å². The molecule has 31 heavy (non-hydrogen) atoms. The summed E-state index contributed by atoms with van der Waals surface area (Å²) >= 11 is 0. The van der Waals surface area contributed by atoms with Crippen molar-refractivity contribution in [2.45, 2.75) is 18.8 Å². The van der Waals surface area contributed by atoms with E-state index < -0.39 is 5.91 Å². The van der Waals surface area contributed by atoms with E-state index in [1.165, 1.54) is 18.4 Å². The molecule has 156 valence electrons. The number of amides is 1. The number of carbonyl (C=O) groups excluding carboxylic acids is 1. The summed E-state index contributed by atoms with van der Waals surface area (Å²) in [6.45, 7) is 0. The average Bonchev–Trinajstić information content (AvgIpc) is 3.37. The number of benzene rings is 1. The van der Waals surface area contributed by atoms with Gasteiger partial charge < -0.3 is 13.6 Å². The van der Waals surface area contributed by atoms with Gasteiger partial charge in [-0.2, -0.15) is 4.98 Å². The van der Waals surface area contributed by atoms with Crippen LogP contribution in [-0.4, -0.2) is 28.0 Å². The highest BCUT2D eigenvalue weighted by atomic mass is 19.1. The van der Waals surface area contributed by atoms with Crippen LogP contribution in [0, 0.1) is 5.82 Å².